The van der Waals surface area contributed by atoms with Crippen LogP contribution < -0.4 is 4.90 Å². The second-order valence-electron chi connectivity index (χ2n) is 7.09. The van der Waals surface area contributed by atoms with E-state index < -0.39 is 0 Å². The summed E-state index contributed by atoms with van der Waals surface area (Å²) in [5.74, 6) is 0. The molecule has 0 aromatic heterocycles. The first kappa shape index (κ1) is 15.9. The summed E-state index contributed by atoms with van der Waals surface area (Å²) in [6, 6.07) is 34.7. The molecule has 0 radical (unpaired) electrons. The summed E-state index contributed by atoms with van der Waals surface area (Å²) in [5.41, 5.74) is 10.6. The molecule has 0 saturated heterocycles. The van der Waals surface area contributed by atoms with Gasteiger partial charge in [-0.1, -0.05) is 84.9 Å². The molecule has 4 aromatic rings. The molecule has 27 heavy (non-hydrogen) atoms. The zero-order chi connectivity index (χ0) is 18.2. The highest BCUT2D eigenvalue weighted by Crippen LogP contribution is 2.45. The lowest BCUT2D eigenvalue weighted by atomic mass is 10.00. The number of hydrogen-bond donors (Lipinski definition) is 0. The Balaban J connectivity index is 1.67. The summed E-state index contributed by atoms with van der Waals surface area (Å²) in [6.45, 7) is 0. The van der Waals surface area contributed by atoms with Gasteiger partial charge in [0.05, 0.1) is 0 Å². The Bertz CT molecular complexity index is 1110. The fourth-order valence-electron chi connectivity index (χ4n) is 4.21. The largest absolute Gasteiger partial charge is 0.344 e. The number of hydrogen-bond acceptors (Lipinski definition) is 1. The molecular weight excluding hydrogens is 326 g/mol. The predicted octanol–water partition coefficient (Wildman–Crippen LogP) is 6.69. The average Bonchev–Trinajstić information content (AvgIpc) is 3.13. The zero-order valence-corrected chi connectivity index (χ0v) is 15.4. The molecular formula is C26H21N. The minimum Gasteiger partial charge on any atom is -0.344 e. The Morgan fingerprint density at radius 2 is 1.19 bits per heavy atom. The molecule has 0 unspecified atom stereocenters. The van der Waals surface area contributed by atoms with E-state index in [4.69, 9.17) is 0 Å². The predicted molar refractivity (Wildman–Crippen MR) is 115 cm³/mol. The lowest BCUT2D eigenvalue weighted by Gasteiger charge is -2.25. The number of anilines is 2. The van der Waals surface area contributed by atoms with E-state index in [1.54, 1.807) is 0 Å². The van der Waals surface area contributed by atoms with Crippen molar-refractivity contribution in [2.75, 3.05) is 11.9 Å². The molecule has 0 amide bonds. The third-order valence-electron chi connectivity index (χ3n) is 5.51. The summed E-state index contributed by atoms with van der Waals surface area (Å²) in [5, 5.41) is 0. The van der Waals surface area contributed by atoms with Crippen LogP contribution >= 0.6 is 0 Å². The van der Waals surface area contributed by atoms with Gasteiger partial charge >= 0.3 is 0 Å². The van der Waals surface area contributed by atoms with Crippen LogP contribution in [0.25, 0.3) is 22.3 Å². The third-order valence-corrected chi connectivity index (χ3v) is 5.51. The van der Waals surface area contributed by atoms with Gasteiger partial charge in [0, 0.05) is 29.5 Å². The van der Waals surface area contributed by atoms with Gasteiger partial charge in [0.25, 0.3) is 0 Å². The Labute approximate surface area is 160 Å². The fraction of sp³-hybridized carbons (Fsp3) is 0.0769. The van der Waals surface area contributed by atoms with Gasteiger partial charge in [-0.15, -0.1) is 0 Å². The Hall–Kier alpha value is -3.32. The van der Waals surface area contributed by atoms with Gasteiger partial charge in [-0.3, -0.25) is 0 Å². The molecule has 5 rings (SSSR count). The molecule has 1 heteroatoms. The first-order chi connectivity index (χ1) is 13.3. The minimum atomic E-state index is 1.02. The molecule has 0 spiro atoms. The van der Waals surface area contributed by atoms with Crippen molar-refractivity contribution in [3.8, 4) is 22.3 Å². The van der Waals surface area contributed by atoms with Crippen molar-refractivity contribution >= 4 is 11.4 Å². The molecule has 0 heterocycles. The number of rotatable bonds is 3. The van der Waals surface area contributed by atoms with Gasteiger partial charge in [-0.05, 0) is 40.8 Å². The molecule has 0 atom stereocenters. The smallest absolute Gasteiger partial charge is 0.0490 e. The second kappa shape index (κ2) is 6.44. The van der Waals surface area contributed by atoms with Crippen molar-refractivity contribution in [2.24, 2.45) is 0 Å². The van der Waals surface area contributed by atoms with Crippen molar-refractivity contribution in [1.29, 1.82) is 0 Å². The van der Waals surface area contributed by atoms with Crippen LogP contribution in [0.5, 0.6) is 0 Å². The Morgan fingerprint density at radius 1 is 0.556 bits per heavy atom. The topological polar surface area (TPSA) is 3.24 Å². The quantitative estimate of drug-likeness (QED) is 0.351. The van der Waals surface area contributed by atoms with E-state index in [9.17, 15) is 0 Å². The van der Waals surface area contributed by atoms with Crippen LogP contribution in [0.2, 0.25) is 0 Å². The third kappa shape index (κ3) is 2.63. The van der Waals surface area contributed by atoms with E-state index in [0.29, 0.717) is 0 Å². The zero-order valence-electron chi connectivity index (χ0n) is 15.4. The van der Waals surface area contributed by atoms with Gasteiger partial charge < -0.3 is 4.90 Å². The Kier molecular flexibility index (Phi) is 3.79. The molecule has 0 N–H and O–H groups in total. The summed E-state index contributed by atoms with van der Waals surface area (Å²) < 4.78 is 0. The fourth-order valence-corrected chi connectivity index (χ4v) is 4.21. The summed E-state index contributed by atoms with van der Waals surface area (Å²) in [7, 11) is 2.18. The number of fused-ring (bicyclic) bond motifs is 3. The lowest BCUT2D eigenvalue weighted by Crippen LogP contribution is -2.12. The molecule has 130 valence electrons. The maximum Gasteiger partial charge on any atom is 0.0490 e. The Morgan fingerprint density at radius 3 is 2.04 bits per heavy atom. The first-order valence-corrected chi connectivity index (χ1v) is 9.41. The van der Waals surface area contributed by atoms with Crippen LogP contribution in [-0.4, -0.2) is 7.05 Å². The maximum atomic E-state index is 2.34. The van der Waals surface area contributed by atoms with E-state index in [1.807, 2.05) is 0 Å². The normalized spacial score (nSPS) is 11.7. The van der Waals surface area contributed by atoms with Crippen LogP contribution in [0.15, 0.2) is 97.1 Å². The van der Waals surface area contributed by atoms with E-state index in [1.165, 1.54) is 44.8 Å². The van der Waals surface area contributed by atoms with E-state index in [2.05, 4.69) is 109 Å². The molecule has 4 aromatic carbocycles. The average molecular weight is 347 g/mol. The first-order valence-electron chi connectivity index (χ1n) is 9.41. The van der Waals surface area contributed by atoms with Gasteiger partial charge in [0.15, 0.2) is 0 Å². The van der Waals surface area contributed by atoms with E-state index in [0.717, 1.165) is 6.42 Å². The number of nitrogens with zero attached hydrogens (tertiary/aromatic N) is 1. The highest BCUT2D eigenvalue weighted by molar-refractivity contribution is 5.92. The lowest BCUT2D eigenvalue weighted by molar-refractivity contribution is 1.20. The van der Waals surface area contributed by atoms with Crippen molar-refractivity contribution < 1.29 is 0 Å². The van der Waals surface area contributed by atoms with Gasteiger partial charge in [-0.25, -0.2) is 0 Å². The summed E-state index contributed by atoms with van der Waals surface area (Å²) in [6.07, 6.45) is 1.02. The molecule has 1 aliphatic rings. The standard InChI is InChI=1S/C26H21N/c1-27(24-16-8-7-14-22(24)19-10-3-2-4-11-19)25-17-9-13-21-18-20-12-5-6-15-23(20)26(21)25/h2-17H,18H2,1H3. The molecule has 0 aliphatic heterocycles. The number of para-hydroxylation sites is 1. The highest BCUT2D eigenvalue weighted by atomic mass is 15.1. The molecule has 1 nitrogen and oxygen atoms in total. The summed E-state index contributed by atoms with van der Waals surface area (Å²) in [4.78, 5) is 2.34. The molecule has 0 bridgehead atoms. The molecule has 0 fully saturated rings. The van der Waals surface area contributed by atoms with E-state index >= 15 is 0 Å². The van der Waals surface area contributed by atoms with Gasteiger partial charge in [0.2, 0.25) is 0 Å². The van der Waals surface area contributed by atoms with Crippen LogP contribution in [0.4, 0.5) is 11.4 Å². The van der Waals surface area contributed by atoms with Crippen LogP contribution in [0.3, 0.4) is 0 Å². The van der Waals surface area contributed by atoms with Gasteiger partial charge in [-0.2, -0.15) is 0 Å². The molecule has 0 saturated carbocycles. The second-order valence-corrected chi connectivity index (χ2v) is 7.09. The van der Waals surface area contributed by atoms with Crippen LogP contribution in [0.1, 0.15) is 11.1 Å². The monoisotopic (exact) mass is 347 g/mol. The highest BCUT2D eigenvalue weighted by Gasteiger charge is 2.23. The van der Waals surface area contributed by atoms with Crippen molar-refractivity contribution in [3.63, 3.8) is 0 Å². The van der Waals surface area contributed by atoms with Crippen LogP contribution in [0, 0.1) is 0 Å². The SMILES string of the molecule is CN(c1ccccc1-c1ccccc1)c1cccc2c1-c1ccccc1C2. The number of benzene rings is 4. The van der Waals surface area contributed by atoms with Crippen molar-refractivity contribution in [2.45, 2.75) is 6.42 Å². The minimum absolute atomic E-state index is 1.02. The van der Waals surface area contributed by atoms with Crippen LogP contribution in [-0.2, 0) is 6.42 Å². The maximum absolute atomic E-state index is 2.34. The van der Waals surface area contributed by atoms with Crippen molar-refractivity contribution in [3.05, 3.63) is 108 Å². The van der Waals surface area contributed by atoms with E-state index in [-0.39, 0.29) is 0 Å². The van der Waals surface area contributed by atoms with Crippen molar-refractivity contribution in [1.82, 2.24) is 0 Å². The van der Waals surface area contributed by atoms with Gasteiger partial charge in [0.1, 0.15) is 0 Å². The summed E-state index contributed by atoms with van der Waals surface area (Å²) >= 11 is 0. The molecule has 1 aliphatic carbocycles.